The number of aromatic nitrogens is 2. The van der Waals surface area contributed by atoms with Gasteiger partial charge in [0.1, 0.15) is 0 Å². The Kier molecular flexibility index (Phi) is 4.36. The van der Waals surface area contributed by atoms with Crippen LogP contribution in [-0.2, 0) is 16.1 Å². The van der Waals surface area contributed by atoms with Gasteiger partial charge in [0.25, 0.3) is 5.91 Å². The molecular formula is C13H20N4O3. The van der Waals surface area contributed by atoms with Gasteiger partial charge in [-0.3, -0.25) is 4.79 Å². The van der Waals surface area contributed by atoms with Crippen LogP contribution in [0.1, 0.15) is 32.0 Å². The van der Waals surface area contributed by atoms with Crippen molar-refractivity contribution in [2.75, 3.05) is 13.6 Å². The number of nitrogens with zero attached hydrogens (tertiary/aromatic N) is 4. The maximum absolute atomic E-state index is 12.2. The highest BCUT2D eigenvalue weighted by molar-refractivity contribution is 5.93. The van der Waals surface area contributed by atoms with E-state index in [1.165, 1.54) is 0 Å². The monoisotopic (exact) mass is 280 g/mol. The van der Waals surface area contributed by atoms with Crippen molar-refractivity contribution in [3.8, 4) is 0 Å². The predicted octanol–water partition coefficient (Wildman–Crippen LogP) is 1.18. The average Bonchev–Trinajstić information content (AvgIpc) is 3.03. The van der Waals surface area contributed by atoms with Crippen LogP contribution < -0.4 is 0 Å². The number of carbonyl (C=O) groups excluding carboxylic acids is 1. The van der Waals surface area contributed by atoms with Gasteiger partial charge in [0.15, 0.2) is 5.82 Å². The Hall–Kier alpha value is -1.92. The highest BCUT2D eigenvalue weighted by Crippen LogP contribution is 2.17. The van der Waals surface area contributed by atoms with E-state index in [9.17, 15) is 4.79 Å². The molecule has 1 atom stereocenters. The van der Waals surface area contributed by atoms with Gasteiger partial charge in [0, 0.05) is 33.4 Å². The van der Waals surface area contributed by atoms with Gasteiger partial charge in [0.05, 0.1) is 5.71 Å². The summed E-state index contributed by atoms with van der Waals surface area (Å²) in [6, 6.07) is 0. The van der Waals surface area contributed by atoms with E-state index >= 15 is 0 Å². The van der Waals surface area contributed by atoms with E-state index in [0.29, 0.717) is 37.0 Å². The van der Waals surface area contributed by atoms with Gasteiger partial charge in [-0.1, -0.05) is 24.2 Å². The van der Waals surface area contributed by atoms with Gasteiger partial charge in [-0.25, -0.2) is 0 Å². The van der Waals surface area contributed by atoms with Gasteiger partial charge in [-0.15, -0.1) is 0 Å². The molecule has 0 aliphatic carbocycles. The van der Waals surface area contributed by atoms with Crippen molar-refractivity contribution < 1.29 is 14.2 Å². The van der Waals surface area contributed by atoms with Crippen molar-refractivity contribution in [3.05, 3.63) is 11.7 Å². The van der Waals surface area contributed by atoms with Crippen molar-refractivity contribution in [3.63, 3.8) is 0 Å². The zero-order valence-corrected chi connectivity index (χ0v) is 12.3. The molecule has 110 valence electrons. The van der Waals surface area contributed by atoms with Crippen LogP contribution in [0.2, 0.25) is 0 Å². The molecule has 7 heteroatoms. The van der Waals surface area contributed by atoms with Crippen molar-refractivity contribution in [1.29, 1.82) is 0 Å². The Morgan fingerprint density at radius 2 is 2.25 bits per heavy atom. The summed E-state index contributed by atoms with van der Waals surface area (Å²) in [6.45, 7) is 6.34. The van der Waals surface area contributed by atoms with E-state index in [2.05, 4.69) is 15.3 Å². The van der Waals surface area contributed by atoms with E-state index in [0.717, 1.165) is 5.71 Å². The third kappa shape index (κ3) is 3.34. The molecule has 0 aromatic carbocycles. The summed E-state index contributed by atoms with van der Waals surface area (Å²) >= 11 is 0. The second-order valence-corrected chi connectivity index (χ2v) is 5.27. The number of rotatable bonds is 5. The standard InChI is InChI=1S/C13H20N4O3/c1-8(2)10-7-11(20-15-10)13(18)17(4)6-5-12-14-9(3)19-16-12/h8,11H,5-7H2,1-4H3/t11-/m1/s1. The minimum Gasteiger partial charge on any atom is -0.382 e. The quantitative estimate of drug-likeness (QED) is 0.809. The van der Waals surface area contributed by atoms with E-state index < -0.39 is 6.10 Å². The molecule has 0 fully saturated rings. The molecular weight excluding hydrogens is 260 g/mol. The Morgan fingerprint density at radius 3 is 2.80 bits per heavy atom. The third-order valence-corrected chi connectivity index (χ3v) is 3.25. The zero-order chi connectivity index (χ0) is 14.7. The molecule has 0 unspecified atom stereocenters. The van der Waals surface area contributed by atoms with Crippen LogP contribution in [0.3, 0.4) is 0 Å². The first-order valence-electron chi connectivity index (χ1n) is 6.74. The van der Waals surface area contributed by atoms with Gasteiger partial charge in [-0.05, 0) is 5.92 Å². The summed E-state index contributed by atoms with van der Waals surface area (Å²) < 4.78 is 4.89. The van der Waals surface area contributed by atoms with Crippen molar-refractivity contribution >= 4 is 11.6 Å². The number of likely N-dealkylation sites (N-methyl/N-ethyl adjacent to an activating group) is 1. The minimum atomic E-state index is -0.496. The minimum absolute atomic E-state index is 0.0652. The van der Waals surface area contributed by atoms with Crippen LogP contribution in [0.15, 0.2) is 9.68 Å². The molecule has 1 aliphatic rings. The molecule has 7 nitrogen and oxygen atoms in total. The van der Waals surface area contributed by atoms with Gasteiger partial charge >= 0.3 is 0 Å². The van der Waals surface area contributed by atoms with Crippen molar-refractivity contribution in [2.24, 2.45) is 11.1 Å². The highest BCUT2D eigenvalue weighted by atomic mass is 16.6. The summed E-state index contributed by atoms with van der Waals surface area (Å²) in [6.07, 6.45) is 0.635. The second kappa shape index (κ2) is 6.02. The molecule has 0 N–H and O–H groups in total. The number of aryl methyl sites for hydroxylation is 1. The molecule has 1 aromatic heterocycles. The number of oxime groups is 1. The first kappa shape index (κ1) is 14.5. The third-order valence-electron chi connectivity index (χ3n) is 3.25. The molecule has 0 radical (unpaired) electrons. The Labute approximate surface area is 118 Å². The van der Waals surface area contributed by atoms with Crippen molar-refractivity contribution in [1.82, 2.24) is 15.0 Å². The topological polar surface area (TPSA) is 80.8 Å². The van der Waals surface area contributed by atoms with Gasteiger partial charge in [0.2, 0.25) is 12.0 Å². The van der Waals surface area contributed by atoms with Crippen LogP contribution in [0.25, 0.3) is 0 Å². The lowest BCUT2D eigenvalue weighted by atomic mass is 10.0. The summed E-state index contributed by atoms with van der Waals surface area (Å²) in [4.78, 5) is 23.1. The summed E-state index contributed by atoms with van der Waals surface area (Å²) in [7, 11) is 1.74. The normalized spacial score (nSPS) is 18.1. The van der Waals surface area contributed by atoms with Gasteiger partial charge in [-0.2, -0.15) is 4.98 Å². The summed E-state index contributed by atoms with van der Waals surface area (Å²) in [5.41, 5.74) is 0.936. The molecule has 0 saturated carbocycles. The van der Waals surface area contributed by atoms with Crippen LogP contribution in [0.4, 0.5) is 0 Å². The highest BCUT2D eigenvalue weighted by Gasteiger charge is 2.31. The Balaban J connectivity index is 1.81. The predicted molar refractivity (Wildman–Crippen MR) is 72.1 cm³/mol. The number of amides is 1. The largest absolute Gasteiger partial charge is 0.382 e. The number of carbonyl (C=O) groups is 1. The zero-order valence-electron chi connectivity index (χ0n) is 12.3. The second-order valence-electron chi connectivity index (χ2n) is 5.27. The van der Waals surface area contributed by atoms with Crippen LogP contribution in [-0.4, -0.2) is 46.4 Å². The van der Waals surface area contributed by atoms with E-state index in [4.69, 9.17) is 9.36 Å². The molecule has 1 amide bonds. The van der Waals surface area contributed by atoms with Crippen molar-refractivity contribution in [2.45, 2.75) is 39.7 Å². The molecule has 20 heavy (non-hydrogen) atoms. The first-order valence-corrected chi connectivity index (χ1v) is 6.74. The SMILES string of the molecule is Cc1nc(CCN(C)C(=O)[C@H]2CC(C(C)C)=NO2)no1. The van der Waals surface area contributed by atoms with Crippen LogP contribution in [0.5, 0.6) is 0 Å². The molecule has 0 spiro atoms. The lowest BCUT2D eigenvalue weighted by Crippen LogP contribution is -2.38. The molecule has 1 aromatic rings. The Morgan fingerprint density at radius 1 is 1.50 bits per heavy atom. The fourth-order valence-corrected chi connectivity index (χ4v) is 1.94. The van der Waals surface area contributed by atoms with E-state index in [1.807, 2.05) is 13.8 Å². The van der Waals surface area contributed by atoms with Crippen LogP contribution in [0, 0.1) is 12.8 Å². The smallest absolute Gasteiger partial charge is 0.266 e. The van der Waals surface area contributed by atoms with E-state index in [1.54, 1.807) is 18.9 Å². The maximum atomic E-state index is 12.2. The molecule has 2 heterocycles. The Bertz CT molecular complexity index is 509. The number of hydrogen-bond acceptors (Lipinski definition) is 6. The molecule has 1 aliphatic heterocycles. The maximum Gasteiger partial charge on any atom is 0.266 e. The number of hydrogen-bond donors (Lipinski definition) is 0. The fourth-order valence-electron chi connectivity index (χ4n) is 1.94. The van der Waals surface area contributed by atoms with Crippen LogP contribution >= 0.6 is 0 Å². The molecule has 0 bridgehead atoms. The molecule has 2 rings (SSSR count). The average molecular weight is 280 g/mol. The molecule has 0 saturated heterocycles. The first-order chi connectivity index (χ1) is 9.47. The lowest BCUT2D eigenvalue weighted by molar-refractivity contribution is -0.140. The lowest BCUT2D eigenvalue weighted by Gasteiger charge is -2.19. The summed E-state index contributed by atoms with van der Waals surface area (Å²) in [5.74, 6) is 1.38. The fraction of sp³-hybridized carbons (Fsp3) is 0.692. The summed E-state index contributed by atoms with van der Waals surface area (Å²) in [5, 5.41) is 7.77. The van der Waals surface area contributed by atoms with E-state index in [-0.39, 0.29) is 5.91 Å². The van der Waals surface area contributed by atoms with Gasteiger partial charge < -0.3 is 14.3 Å².